The number of rotatable bonds is 3. The Labute approximate surface area is 108 Å². The lowest BCUT2D eigenvalue weighted by Crippen LogP contribution is -2.01. The number of ether oxygens (including phenoxy) is 1. The Morgan fingerprint density at radius 1 is 1.06 bits per heavy atom. The number of anilines is 1. The zero-order valence-electron chi connectivity index (χ0n) is 9.29. The molecule has 0 radical (unpaired) electrons. The van der Waals surface area contributed by atoms with Gasteiger partial charge in [0, 0.05) is 11.3 Å². The van der Waals surface area contributed by atoms with Gasteiger partial charge in [0.2, 0.25) is 0 Å². The summed E-state index contributed by atoms with van der Waals surface area (Å²) in [6, 6.07) is 7.80. The van der Waals surface area contributed by atoms with Crippen LogP contribution in [0.4, 0.5) is 14.5 Å². The summed E-state index contributed by atoms with van der Waals surface area (Å²) in [7, 11) is 0. The minimum absolute atomic E-state index is 0.0644. The average Bonchev–Trinajstić information content (AvgIpc) is 2.32. The van der Waals surface area contributed by atoms with Crippen molar-refractivity contribution in [2.45, 2.75) is 6.61 Å². The first-order valence-corrected chi connectivity index (χ1v) is 5.56. The standard InChI is InChI=1S/C13H10ClF2NO/c14-11-6-10(16)2-4-13(11)18-7-8-5-9(15)1-3-12(8)17/h1-6H,7,17H2. The monoisotopic (exact) mass is 269 g/mol. The first-order chi connectivity index (χ1) is 8.56. The van der Waals surface area contributed by atoms with Crippen LogP contribution >= 0.6 is 11.6 Å². The number of benzene rings is 2. The Hall–Kier alpha value is -1.81. The molecular weight excluding hydrogens is 260 g/mol. The van der Waals surface area contributed by atoms with Crippen LogP contribution in [0.5, 0.6) is 5.75 Å². The average molecular weight is 270 g/mol. The summed E-state index contributed by atoms with van der Waals surface area (Å²) in [4.78, 5) is 0. The minimum atomic E-state index is -0.447. The molecule has 18 heavy (non-hydrogen) atoms. The highest BCUT2D eigenvalue weighted by Crippen LogP contribution is 2.26. The van der Waals surface area contributed by atoms with Gasteiger partial charge in [-0.05, 0) is 36.4 Å². The normalized spacial score (nSPS) is 10.4. The molecule has 94 valence electrons. The molecule has 0 bridgehead atoms. The van der Waals surface area contributed by atoms with E-state index < -0.39 is 11.6 Å². The van der Waals surface area contributed by atoms with Crippen LogP contribution in [0.1, 0.15) is 5.56 Å². The van der Waals surface area contributed by atoms with Gasteiger partial charge in [0.1, 0.15) is 24.0 Å². The topological polar surface area (TPSA) is 35.2 Å². The molecule has 0 aliphatic carbocycles. The van der Waals surface area contributed by atoms with Gasteiger partial charge in [0.05, 0.1) is 5.02 Å². The van der Waals surface area contributed by atoms with E-state index in [2.05, 4.69) is 0 Å². The second-order valence-electron chi connectivity index (χ2n) is 3.71. The lowest BCUT2D eigenvalue weighted by atomic mass is 10.2. The first kappa shape index (κ1) is 12.6. The van der Waals surface area contributed by atoms with Crippen molar-refractivity contribution in [3.63, 3.8) is 0 Å². The fraction of sp³-hybridized carbons (Fsp3) is 0.0769. The second-order valence-corrected chi connectivity index (χ2v) is 4.11. The molecule has 0 atom stereocenters. The van der Waals surface area contributed by atoms with E-state index >= 15 is 0 Å². The maximum Gasteiger partial charge on any atom is 0.138 e. The molecule has 5 heteroatoms. The lowest BCUT2D eigenvalue weighted by molar-refractivity contribution is 0.306. The van der Waals surface area contributed by atoms with Gasteiger partial charge < -0.3 is 10.5 Å². The molecule has 0 heterocycles. The summed E-state index contributed by atoms with van der Waals surface area (Å²) in [6.45, 7) is 0.0644. The van der Waals surface area contributed by atoms with Gasteiger partial charge in [-0.15, -0.1) is 0 Å². The van der Waals surface area contributed by atoms with Crippen LogP contribution in [-0.2, 0) is 6.61 Å². The molecule has 0 amide bonds. The van der Waals surface area contributed by atoms with E-state index in [0.29, 0.717) is 17.0 Å². The van der Waals surface area contributed by atoms with Gasteiger partial charge in [0.15, 0.2) is 0 Å². The Morgan fingerprint density at radius 2 is 1.72 bits per heavy atom. The maximum atomic E-state index is 13.0. The quantitative estimate of drug-likeness (QED) is 0.861. The molecule has 0 aliphatic heterocycles. The van der Waals surface area contributed by atoms with Crippen molar-refractivity contribution < 1.29 is 13.5 Å². The number of hydrogen-bond acceptors (Lipinski definition) is 2. The number of nitrogens with two attached hydrogens (primary N) is 1. The van der Waals surface area contributed by atoms with Crippen LogP contribution in [0.25, 0.3) is 0 Å². The molecular formula is C13H10ClF2NO. The Balaban J connectivity index is 2.13. The summed E-state index contributed by atoms with van der Waals surface area (Å²) in [5, 5.41) is 0.157. The highest BCUT2D eigenvalue weighted by molar-refractivity contribution is 6.32. The van der Waals surface area contributed by atoms with Gasteiger partial charge in [-0.2, -0.15) is 0 Å². The van der Waals surface area contributed by atoms with E-state index in [1.807, 2.05) is 0 Å². The molecule has 0 spiro atoms. The van der Waals surface area contributed by atoms with Crippen molar-refractivity contribution in [2.75, 3.05) is 5.73 Å². The lowest BCUT2D eigenvalue weighted by Gasteiger charge is -2.10. The molecule has 2 nitrogen and oxygen atoms in total. The van der Waals surface area contributed by atoms with Crippen molar-refractivity contribution in [2.24, 2.45) is 0 Å². The van der Waals surface area contributed by atoms with Crippen LogP contribution in [0.2, 0.25) is 5.02 Å². The summed E-state index contributed by atoms with van der Waals surface area (Å²) >= 11 is 5.80. The largest absolute Gasteiger partial charge is 0.487 e. The van der Waals surface area contributed by atoms with Gasteiger partial charge in [-0.25, -0.2) is 8.78 Å². The third-order valence-electron chi connectivity index (χ3n) is 2.38. The van der Waals surface area contributed by atoms with E-state index in [0.717, 1.165) is 6.07 Å². The Morgan fingerprint density at radius 3 is 2.44 bits per heavy atom. The van der Waals surface area contributed by atoms with Crippen LogP contribution in [0, 0.1) is 11.6 Å². The molecule has 0 unspecified atom stereocenters. The van der Waals surface area contributed by atoms with E-state index in [1.165, 1.54) is 30.3 Å². The van der Waals surface area contributed by atoms with Crippen LogP contribution in [0.15, 0.2) is 36.4 Å². The van der Waals surface area contributed by atoms with Crippen LogP contribution in [0.3, 0.4) is 0 Å². The van der Waals surface area contributed by atoms with Crippen molar-refractivity contribution >= 4 is 17.3 Å². The third-order valence-corrected chi connectivity index (χ3v) is 2.68. The summed E-state index contributed by atoms with van der Waals surface area (Å²) in [5.41, 5.74) is 6.61. The Bertz CT molecular complexity index is 575. The fourth-order valence-corrected chi connectivity index (χ4v) is 1.67. The molecule has 0 saturated carbocycles. The molecule has 0 aromatic heterocycles. The maximum absolute atomic E-state index is 13.0. The second kappa shape index (κ2) is 5.23. The zero-order chi connectivity index (χ0) is 13.1. The van der Waals surface area contributed by atoms with Crippen molar-refractivity contribution in [3.05, 3.63) is 58.6 Å². The number of hydrogen-bond donors (Lipinski definition) is 1. The summed E-state index contributed by atoms with van der Waals surface area (Å²) in [5.74, 6) is -0.521. The van der Waals surface area contributed by atoms with E-state index in [-0.39, 0.29) is 11.6 Å². The first-order valence-electron chi connectivity index (χ1n) is 5.18. The van der Waals surface area contributed by atoms with Crippen molar-refractivity contribution in [3.8, 4) is 5.75 Å². The van der Waals surface area contributed by atoms with Gasteiger partial charge >= 0.3 is 0 Å². The smallest absolute Gasteiger partial charge is 0.138 e. The SMILES string of the molecule is Nc1ccc(F)cc1COc1ccc(F)cc1Cl. The molecule has 0 aliphatic rings. The number of halogens is 3. The van der Waals surface area contributed by atoms with Gasteiger partial charge in [0.25, 0.3) is 0 Å². The Kier molecular flexibility index (Phi) is 3.67. The predicted octanol–water partition coefficient (Wildman–Crippen LogP) is 3.78. The zero-order valence-corrected chi connectivity index (χ0v) is 10.0. The third kappa shape index (κ3) is 2.90. The van der Waals surface area contributed by atoms with E-state index in [1.54, 1.807) is 0 Å². The molecule has 2 N–H and O–H groups in total. The predicted molar refractivity (Wildman–Crippen MR) is 66.6 cm³/mol. The van der Waals surface area contributed by atoms with Crippen molar-refractivity contribution in [1.29, 1.82) is 0 Å². The van der Waals surface area contributed by atoms with Gasteiger partial charge in [-0.3, -0.25) is 0 Å². The van der Waals surface area contributed by atoms with Gasteiger partial charge in [-0.1, -0.05) is 11.6 Å². The highest BCUT2D eigenvalue weighted by atomic mass is 35.5. The van der Waals surface area contributed by atoms with Crippen molar-refractivity contribution in [1.82, 2.24) is 0 Å². The molecule has 2 aromatic carbocycles. The summed E-state index contributed by atoms with van der Waals surface area (Å²) in [6.07, 6.45) is 0. The highest BCUT2D eigenvalue weighted by Gasteiger charge is 2.06. The molecule has 0 saturated heterocycles. The number of nitrogen functional groups attached to an aromatic ring is 1. The van der Waals surface area contributed by atoms with Crippen LogP contribution < -0.4 is 10.5 Å². The minimum Gasteiger partial charge on any atom is -0.487 e. The molecule has 0 fully saturated rings. The summed E-state index contributed by atoms with van der Waals surface area (Å²) < 4.78 is 31.2. The van der Waals surface area contributed by atoms with Crippen LogP contribution in [-0.4, -0.2) is 0 Å². The molecule has 2 aromatic rings. The van der Waals surface area contributed by atoms with E-state index in [9.17, 15) is 8.78 Å². The van der Waals surface area contributed by atoms with E-state index in [4.69, 9.17) is 22.1 Å². The fourth-order valence-electron chi connectivity index (χ4n) is 1.45. The molecule has 2 rings (SSSR count).